The number of allylic oxidation sites excluding steroid dienone is 27. The number of hydrogen-bond donors (Lipinski definition) is 3. The van der Waals surface area contributed by atoms with Crippen LogP contribution in [0.5, 0.6) is 0 Å². The van der Waals surface area contributed by atoms with Crippen LogP contribution in [0.15, 0.2) is 170 Å². The van der Waals surface area contributed by atoms with Crippen molar-refractivity contribution in [1.82, 2.24) is 0 Å². The van der Waals surface area contributed by atoms with Crippen LogP contribution in [-0.4, -0.2) is 96.7 Å². The molecule has 0 aromatic carbocycles. The average molecular weight is 1470 g/mol. The molecular weight excluding hydrogens is 1330 g/mol. The highest BCUT2D eigenvalue weighted by atomic mass is 31.2. The second-order valence-electron chi connectivity index (χ2n) is 24.8. The molecule has 0 fully saturated rings. The second kappa shape index (κ2) is 73.7. The van der Waals surface area contributed by atoms with Crippen LogP contribution >= 0.6 is 15.6 Å². The third-order valence-electron chi connectivity index (χ3n) is 15.2. The van der Waals surface area contributed by atoms with Crippen molar-refractivity contribution >= 4 is 39.5 Å². The van der Waals surface area contributed by atoms with Gasteiger partial charge in [-0.1, -0.05) is 288 Å². The first-order valence-electron chi connectivity index (χ1n) is 38.4. The zero-order valence-electron chi connectivity index (χ0n) is 63.0. The van der Waals surface area contributed by atoms with E-state index in [9.17, 15) is 43.2 Å². The lowest BCUT2D eigenvalue weighted by molar-refractivity contribution is -0.161. The number of unbranched alkanes of at least 4 members (excludes halogenated alkanes) is 17. The Morgan fingerprint density at radius 2 is 0.559 bits per heavy atom. The molecule has 3 N–H and O–H groups in total. The molecule has 0 heterocycles. The average Bonchev–Trinajstić information content (AvgIpc) is 0.923. The zero-order valence-corrected chi connectivity index (χ0v) is 64.8. The summed E-state index contributed by atoms with van der Waals surface area (Å²) in [5.74, 6) is -2.45. The highest BCUT2D eigenvalue weighted by molar-refractivity contribution is 7.47. The number of hydrogen-bond acceptors (Lipinski definition) is 15. The maximum Gasteiger partial charge on any atom is 0.472 e. The monoisotopic (exact) mass is 1460 g/mol. The number of phosphoric acid groups is 2. The Balaban J connectivity index is 5.52. The van der Waals surface area contributed by atoms with Crippen molar-refractivity contribution < 1.29 is 80.2 Å². The number of esters is 4. The molecule has 0 aromatic rings. The Hall–Kier alpha value is -5.58. The summed E-state index contributed by atoms with van der Waals surface area (Å²) in [5.41, 5.74) is 0. The number of phosphoric ester groups is 2. The lowest BCUT2D eigenvalue weighted by Gasteiger charge is -2.21. The van der Waals surface area contributed by atoms with E-state index in [1.807, 2.05) is 36.5 Å². The highest BCUT2D eigenvalue weighted by Crippen LogP contribution is 2.45. The molecule has 102 heavy (non-hydrogen) atoms. The fourth-order valence-electron chi connectivity index (χ4n) is 9.50. The van der Waals surface area contributed by atoms with Gasteiger partial charge in [-0.3, -0.25) is 37.3 Å². The Morgan fingerprint density at radius 3 is 0.902 bits per heavy atom. The SMILES string of the molecule is CC/C=C\C/C=C\C/C=C\C/C=C\C/C=C\CCCC(=O)OCC(COP(=O)(O)OCC(O)COP(=O)(O)OCC(COC(=O)C/C=C\C/C=C\C/C=C\C/C=C\C/C=C\CC)OC(=O)CCCCCCCCCCCCCCCCC)OC(=O)CCCC/C=C\C/C=C\C/C=C\C/C=C\CC. The summed E-state index contributed by atoms with van der Waals surface area (Å²) in [7, 11) is -10.0. The number of rotatable bonds is 70. The minimum Gasteiger partial charge on any atom is -0.462 e. The maximum atomic E-state index is 13.1. The van der Waals surface area contributed by atoms with Crippen molar-refractivity contribution in [3.05, 3.63) is 170 Å². The topological polar surface area (TPSA) is 237 Å². The van der Waals surface area contributed by atoms with Crippen LogP contribution in [0, 0.1) is 0 Å². The Bertz CT molecular complexity index is 2600. The molecule has 5 unspecified atom stereocenters. The maximum absolute atomic E-state index is 13.1. The van der Waals surface area contributed by atoms with Crippen LogP contribution < -0.4 is 0 Å². The van der Waals surface area contributed by atoms with E-state index in [-0.39, 0.29) is 25.7 Å². The first kappa shape index (κ1) is 96.4. The molecule has 19 heteroatoms. The van der Waals surface area contributed by atoms with E-state index in [4.69, 9.17) is 37.0 Å². The zero-order chi connectivity index (χ0) is 74.6. The van der Waals surface area contributed by atoms with Gasteiger partial charge in [0.1, 0.15) is 19.3 Å². The van der Waals surface area contributed by atoms with E-state index < -0.39 is 97.5 Å². The largest absolute Gasteiger partial charge is 0.472 e. The minimum atomic E-state index is -5.01. The summed E-state index contributed by atoms with van der Waals surface area (Å²) in [6.07, 6.45) is 86.7. The van der Waals surface area contributed by atoms with Crippen molar-refractivity contribution in [2.24, 2.45) is 0 Å². The fraction of sp³-hybridized carbons (Fsp3) is 0.614. The van der Waals surface area contributed by atoms with Gasteiger partial charge in [0.25, 0.3) is 0 Å². The number of ether oxygens (including phenoxy) is 4. The predicted octanol–water partition coefficient (Wildman–Crippen LogP) is 22.2. The van der Waals surface area contributed by atoms with Gasteiger partial charge in [-0.15, -0.1) is 0 Å². The van der Waals surface area contributed by atoms with E-state index >= 15 is 0 Å². The number of carbonyl (C=O) groups is 4. The fourth-order valence-corrected chi connectivity index (χ4v) is 11.1. The Kier molecular flexibility index (Phi) is 69.7. The molecule has 0 aliphatic heterocycles. The molecule has 578 valence electrons. The van der Waals surface area contributed by atoms with Gasteiger partial charge >= 0.3 is 39.5 Å². The number of aliphatic hydroxyl groups excluding tert-OH is 1. The van der Waals surface area contributed by atoms with Crippen LogP contribution in [-0.2, 0) is 65.4 Å². The van der Waals surface area contributed by atoms with Crippen LogP contribution in [0.3, 0.4) is 0 Å². The van der Waals surface area contributed by atoms with Gasteiger partial charge in [-0.05, 0) is 128 Å². The van der Waals surface area contributed by atoms with Crippen LogP contribution in [0.4, 0.5) is 0 Å². The minimum absolute atomic E-state index is 0.0222. The lowest BCUT2D eigenvalue weighted by Crippen LogP contribution is -2.30. The van der Waals surface area contributed by atoms with E-state index in [0.29, 0.717) is 38.5 Å². The molecule has 0 aromatic heterocycles. The van der Waals surface area contributed by atoms with Crippen molar-refractivity contribution in [1.29, 1.82) is 0 Å². The molecular formula is C83H134O17P2. The summed E-state index contributed by atoms with van der Waals surface area (Å²) >= 11 is 0. The third-order valence-corrected chi connectivity index (χ3v) is 17.1. The van der Waals surface area contributed by atoms with E-state index in [1.165, 1.54) is 64.2 Å². The first-order valence-corrected chi connectivity index (χ1v) is 41.4. The van der Waals surface area contributed by atoms with Gasteiger partial charge in [-0.2, -0.15) is 0 Å². The van der Waals surface area contributed by atoms with Gasteiger partial charge in [-0.25, -0.2) is 9.13 Å². The smallest absolute Gasteiger partial charge is 0.462 e. The Morgan fingerprint density at radius 1 is 0.294 bits per heavy atom. The summed E-state index contributed by atoms with van der Waals surface area (Å²) in [4.78, 5) is 72.8. The van der Waals surface area contributed by atoms with Gasteiger partial charge in [0.2, 0.25) is 0 Å². The number of carbonyl (C=O) groups excluding carboxylic acids is 4. The molecule has 0 amide bonds. The molecule has 5 atom stereocenters. The van der Waals surface area contributed by atoms with Gasteiger partial charge in [0.15, 0.2) is 12.2 Å². The van der Waals surface area contributed by atoms with Crippen molar-refractivity contribution in [2.75, 3.05) is 39.6 Å². The van der Waals surface area contributed by atoms with Gasteiger partial charge < -0.3 is 33.8 Å². The molecule has 0 radical (unpaired) electrons. The summed E-state index contributed by atoms with van der Waals surface area (Å²) in [6.45, 7) is 4.28. The molecule has 0 bridgehead atoms. The van der Waals surface area contributed by atoms with Crippen LogP contribution in [0.2, 0.25) is 0 Å². The highest BCUT2D eigenvalue weighted by Gasteiger charge is 2.30. The lowest BCUT2D eigenvalue weighted by atomic mass is 10.0. The predicted molar refractivity (Wildman–Crippen MR) is 417 cm³/mol. The van der Waals surface area contributed by atoms with Gasteiger partial charge in [0.05, 0.1) is 32.8 Å². The molecule has 0 aliphatic rings. The third kappa shape index (κ3) is 72.8. The summed E-state index contributed by atoms with van der Waals surface area (Å²) < 4.78 is 68.3. The molecule has 0 saturated heterocycles. The molecule has 0 rings (SSSR count). The van der Waals surface area contributed by atoms with Gasteiger partial charge in [0, 0.05) is 19.3 Å². The quantitative estimate of drug-likeness (QED) is 0.0169. The standard InChI is InChI=1S/C83H134O17P2/c1-5-9-13-17-21-25-29-33-37-38-42-44-48-52-56-60-64-68-81(86)94-74-79(100-83(88)70-66-62-58-54-50-46-41-36-32-28-24-20-16-12-8-4)76-98-102(91,92)96-72-77(84)71-95-101(89,90)97-75-78(99-82(87)69-65-61-57-53-49-45-40-35-31-27-23-19-15-11-7-3)73-93-80(85)67-63-59-55-51-47-43-39-34-30-26-22-18-14-10-6-2/h9-10,12-14,16,21-22,24-26,28,33-34,36-37,39,41-42,44,47,50-52,54,56,59,63,77-79,84H,5-8,11,15,17-20,23,27,29-32,35,38,40,43,45-46,48-49,53,55,57-58,60-62,64-76H2,1-4H3,(H,89,90)(H,91,92)/b13-9-,14-10-,16-12-,25-21-,26-22-,28-24-,37-33-,39-34-,41-36-,44-42-,51-47-,54-50-,56-52-,63-59-. The molecule has 17 nitrogen and oxygen atoms in total. The van der Waals surface area contributed by atoms with Crippen molar-refractivity contribution in [3.8, 4) is 0 Å². The van der Waals surface area contributed by atoms with Crippen LogP contribution in [0.25, 0.3) is 0 Å². The molecule has 0 spiro atoms. The summed E-state index contributed by atoms with van der Waals surface area (Å²) in [6, 6.07) is 0. The van der Waals surface area contributed by atoms with E-state index in [1.54, 1.807) is 6.08 Å². The normalized spacial score (nSPS) is 14.9. The van der Waals surface area contributed by atoms with E-state index in [0.717, 1.165) is 116 Å². The van der Waals surface area contributed by atoms with Crippen LogP contribution in [0.1, 0.15) is 272 Å². The molecule has 0 saturated carbocycles. The number of aliphatic hydroxyl groups is 1. The Labute approximate surface area is 616 Å². The second-order valence-corrected chi connectivity index (χ2v) is 27.7. The van der Waals surface area contributed by atoms with Crippen molar-refractivity contribution in [2.45, 2.75) is 290 Å². The van der Waals surface area contributed by atoms with Crippen molar-refractivity contribution in [3.63, 3.8) is 0 Å². The first-order chi connectivity index (χ1) is 49.7. The van der Waals surface area contributed by atoms with E-state index in [2.05, 4.69) is 155 Å². The molecule has 0 aliphatic carbocycles. The summed E-state index contributed by atoms with van der Waals surface area (Å²) in [5, 5.41) is 10.6.